The molecular weight excluding hydrogens is 274 g/mol. The van der Waals surface area contributed by atoms with Gasteiger partial charge in [0.05, 0.1) is 0 Å². The number of hydrogen-bond donors (Lipinski definition) is 2. The van der Waals surface area contributed by atoms with Crippen molar-refractivity contribution in [1.29, 1.82) is 0 Å². The predicted molar refractivity (Wildman–Crippen MR) is 67.1 cm³/mol. The first kappa shape index (κ1) is 14.4. The van der Waals surface area contributed by atoms with Crippen LogP contribution in [-0.4, -0.2) is 28.1 Å². The predicted octanol–water partition coefficient (Wildman–Crippen LogP) is 1.24. The lowest BCUT2D eigenvalue weighted by Gasteiger charge is -2.22. The zero-order chi connectivity index (χ0) is 13.9. The number of halogens is 2. The summed E-state index contributed by atoms with van der Waals surface area (Å²) in [5.74, 6) is -1.67. The Morgan fingerprint density at radius 3 is 2.79 bits per heavy atom. The monoisotopic (exact) mass is 290 g/mol. The summed E-state index contributed by atoms with van der Waals surface area (Å²) in [6.45, 7) is 1.94. The smallest absolute Gasteiger partial charge is 0.243 e. The third-order valence-electron chi connectivity index (χ3n) is 3.14. The van der Waals surface area contributed by atoms with Gasteiger partial charge >= 0.3 is 0 Å². The molecule has 0 aliphatic carbocycles. The van der Waals surface area contributed by atoms with Crippen LogP contribution in [0.3, 0.4) is 0 Å². The highest BCUT2D eigenvalue weighted by molar-refractivity contribution is 7.89. The number of nitrogens with one attached hydrogen (secondary N) is 2. The van der Waals surface area contributed by atoms with Gasteiger partial charge in [-0.15, -0.1) is 0 Å². The summed E-state index contributed by atoms with van der Waals surface area (Å²) in [6, 6.07) is 2.43. The van der Waals surface area contributed by atoms with Crippen LogP contribution in [-0.2, 0) is 10.0 Å². The van der Waals surface area contributed by atoms with E-state index in [4.69, 9.17) is 0 Å². The fourth-order valence-corrected chi connectivity index (χ4v) is 3.27. The van der Waals surface area contributed by atoms with Crippen molar-refractivity contribution < 1.29 is 17.2 Å². The zero-order valence-corrected chi connectivity index (χ0v) is 11.1. The van der Waals surface area contributed by atoms with Gasteiger partial charge in [0.1, 0.15) is 16.5 Å². The Hall–Kier alpha value is -1.05. The molecule has 2 rings (SSSR count). The topological polar surface area (TPSA) is 58.2 Å². The Balaban J connectivity index is 2.05. The van der Waals surface area contributed by atoms with Crippen molar-refractivity contribution in [2.45, 2.75) is 17.7 Å². The summed E-state index contributed by atoms with van der Waals surface area (Å²) in [6.07, 6.45) is 1.93. The van der Waals surface area contributed by atoms with E-state index in [1.807, 2.05) is 0 Å². The molecule has 19 heavy (non-hydrogen) atoms. The summed E-state index contributed by atoms with van der Waals surface area (Å²) < 4.78 is 52.4. The molecule has 0 spiro atoms. The van der Waals surface area contributed by atoms with E-state index in [0.29, 0.717) is 6.07 Å². The molecule has 0 bridgehead atoms. The van der Waals surface area contributed by atoms with Crippen molar-refractivity contribution in [3.8, 4) is 0 Å². The van der Waals surface area contributed by atoms with E-state index in [1.54, 1.807) is 0 Å². The average Bonchev–Trinajstić information content (AvgIpc) is 2.37. The summed E-state index contributed by atoms with van der Waals surface area (Å²) >= 11 is 0. The molecule has 2 N–H and O–H groups in total. The molecule has 1 fully saturated rings. The van der Waals surface area contributed by atoms with Crippen LogP contribution in [0.2, 0.25) is 0 Å². The van der Waals surface area contributed by atoms with Crippen LogP contribution in [0.1, 0.15) is 12.8 Å². The molecule has 4 nitrogen and oxygen atoms in total. The minimum Gasteiger partial charge on any atom is -0.316 e. The highest BCUT2D eigenvalue weighted by Gasteiger charge is 2.21. The van der Waals surface area contributed by atoms with Crippen LogP contribution in [0.25, 0.3) is 0 Å². The molecule has 1 unspecified atom stereocenters. The molecule has 0 aromatic heterocycles. The van der Waals surface area contributed by atoms with Crippen molar-refractivity contribution in [2.75, 3.05) is 19.6 Å². The van der Waals surface area contributed by atoms with Crippen molar-refractivity contribution >= 4 is 10.0 Å². The molecule has 1 aliphatic heterocycles. The second-order valence-electron chi connectivity index (χ2n) is 4.64. The quantitative estimate of drug-likeness (QED) is 0.877. The number of benzene rings is 1. The summed E-state index contributed by atoms with van der Waals surface area (Å²) in [5, 5.41) is 3.17. The van der Waals surface area contributed by atoms with E-state index < -0.39 is 26.6 Å². The fraction of sp³-hybridized carbons (Fsp3) is 0.500. The number of sulfonamides is 1. The van der Waals surface area contributed by atoms with Crippen LogP contribution >= 0.6 is 0 Å². The lowest BCUT2D eigenvalue weighted by molar-refractivity contribution is 0.375. The maximum Gasteiger partial charge on any atom is 0.243 e. The van der Waals surface area contributed by atoms with Gasteiger partial charge in [0.25, 0.3) is 0 Å². The second-order valence-corrected chi connectivity index (χ2v) is 6.37. The Bertz CT molecular complexity index is 543. The number of piperidine rings is 1. The van der Waals surface area contributed by atoms with Gasteiger partial charge in [0.15, 0.2) is 0 Å². The molecule has 106 valence electrons. The van der Waals surface area contributed by atoms with Crippen molar-refractivity contribution in [3.05, 3.63) is 29.8 Å². The van der Waals surface area contributed by atoms with Crippen LogP contribution in [0.15, 0.2) is 23.1 Å². The fourth-order valence-electron chi connectivity index (χ4n) is 2.10. The first-order chi connectivity index (χ1) is 8.99. The van der Waals surface area contributed by atoms with Gasteiger partial charge in [-0.25, -0.2) is 21.9 Å². The van der Waals surface area contributed by atoms with E-state index in [0.717, 1.165) is 38.1 Å². The van der Waals surface area contributed by atoms with Crippen LogP contribution in [0, 0.1) is 17.6 Å². The van der Waals surface area contributed by atoms with Gasteiger partial charge in [0.2, 0.25) is 10.0 Å². The van der Waals surface area contributed by atoms with Gasteiger partial charge in [0, 0.05) is 12.6 Å². The molecule has 1 aromatic rings. The first-order valence-electron chi connectivity index (χ1n) is 6.14. The molecule has 7 heteroatoms. The van der Waals surface area contributed by atoms with Crippen molar-refractivity contribution in [2.24, 2.45) is 5.92 Å². The van der Waals surface area contributed by atoms with E-state index in [-0.39, 0.29) is 12.5 Å². The zero-order valence-electron chi connectivity index (χ0n) is 10.3. The highest BCUT2D eigenvalue weighted by Crippen LogP contribution is 2.16. The SMILES string of the molecule is O=S(=O)(NCC1CCCNC1)c1ccc(F)cc1F. The minimum atomic E-state index is -3.93. The van der Waals surface area contributed by atoms with Crippen LogP contribution < -0.4 is 10.0 Å². The van der Waals surface area contributed by atoms with E-state index in [9.17, 15) is 17.2 Å². The standard InChI is InChI=1S/C12H16F2N2O2S/c13-10-3-4-12(11(14)6-10)19(17,18)16-8-9-2-1-5-15-7-9/h3-4,6,9,15-16H,1-2,5,7-8H2. The largest absolute Gasteiger partial charge is 0.316 e. The summed E-state index contributed by atoms with van der Waals surface area (Å²) in [7, 11) is -3.93. The lowest BCUT2D eigenvalue weighted by atomic mass is 10.0. The molecule has 0 radical (unpaired) electrons. The molecule has 1 aromatic carbocycles. The maximum absolute atomic E-state index is 13.4. The third-order valence-corrected chi connectivity index (χ3v) is 4.60. The number of rotatable bonds is 4. The van der Waals surface area contributed by atoms with Gasteiger partial charge in [-0.1, -0.05) is 0 Å². The van der Waals surface area contributed by atoms with Crippen molar-refractivity contribution in [3.63, 3.8) is 0 Å². The number of hydrogen-bond acceptors (Lipinski definition) is 3. The molecule has 1 heterocycles. The van der Waals surface area contributed by atoms with Gasteiger partial charge in [-0.05, 0) is 44.0 Å². The maximum atomic E-state index is 13.4. The summed E-state index contributed by atoms with van der Waals surface area (Å²) in [5.41, 5.74) is 0. The van der Waals surface area contributed by atoms with Gasteiger partial charge < -0.3 is 5.32 Å². The Kier molecular flexibility index (Phi) is 4.49. The molecule has 1 atom stereocenters. The molecule has 1 saturated heterocycles. The lowest BCUT2D eigenvalue weighted by Crippen LogP contribution is -2.38. The normalized spacial score (nSPS) is 20.4. The Morgan fingerprint density at radius 2 is 2.16 bits per heavy atom. The van der Waals surface area contributed by atoms with Gasteiger partial charge in [-0.3, -0.25) is 0 Å². The van der Waals surface area contributed by atoms with Gasteiger partial charge in [-0.2, -0.15) is 0 Å². The van der Waals surface area contributed by atoms with E-state index in [1.165, 1.54) is 0 Å². The minimum absolute atomic E-state index is 0.201. The second kappa shape index (κ2) is 5.94. The Labute approximate surface area is 111 Å². The van der Waals surface area contributed by atoms with Crippen LogP contribution in [0.4, 0.5) is 8.78 Å². The van der Waals surface area contributed by atoms with Crippen molar-refractivity contribution in [1.82, 2.24) is 10.0 Å². The van der Waals surface area contributed by atoms with E-state index in [2.05, 4.69) is 10.0 Å². The highest BCUT2D eigenvalue weighted by atomic mass is 32.2. The third kappa shape index (κ3) is 3.71. The van der Waals surface area contributed by atoms with Crippen LogP contribution in [0.5, 0.6) is 0 Å². The summed E-state index contributed by atoms with van der Waals surface area (Å²) in [4.78, 5) is -0.516. The first-order valence-corrected chi connectivity index (χ1v) is 7.63. The molecule has 0 amide bonds. The molecule has 1 aliphatic rings. The molecule has 0 saturated carbocycles. The van der Waals surface area contributed by atoms with E-state index >= 15 is 0 Å². The average molecular weight is 290 g/mol. The Morgan fingerprint density at radius 1 is 1.37 bits per heavy atom. The molecular formula is C12H16F2N2O2S.